The Kier molecular flexibility index (Phi) is 5.44. The molecule has 0 bridgehead atoms. The van der Waals surface area contributed by atoms with Crippen LogP contribution in [0.4, 0.5) is 17.1 Å². The number of amides is 1. The minimum atomic E-state index is -1.63. The number of fused-ring (bicyclic) bond motifs is 2. The summed E-state index contributed by atoms with van der Waals surface area (Å²) in [4.78, 5) is 17.3. The number of carbonyl (C=O) groups is 1. The Hall–Kier alpha value is -2.61. The number of benzene rings is 2. The molecule has 2 atom stereocenters. The molecule has 0 saturated heterocycles. The van der Waals surface area contributed by atoms with Crippen LogP contribution < -0.4 is 15.5 Å². The monoisotopic (exact) mass is 410 g/mol. The first-order valence-electron chi connectivity index (χ1n) is 10.4. The van der Waals surface area contributed by atoms with Crippen LogP contribution in [-0.2, 0) is 10.4 Å². The number of carbonyl (C=O) groups excluding carboxylic acids is 1. The van der Waals surface area contributed by atoms with Crippen molar-refractivity contribution in [3.63, 3.8) is 0 Å². The zero-order valence-corrected chi connectivity index (χ0v) is 17.8. The minimum absolute atomic E-state index is 0.0494. The van der Waals surface area contributed by atoms with Crippen molar-refractivity contribution < 1.29 is 15.0 Å². The molecule has 7 nitrogen and oxygen atoms in total. The van der Waals surface area contributed by atoms with Crippen molar-refractivity contribution in [3.05, 3.63) is 47.5 Å². The van der Waals surface area contributed by atoms with Gasteiger partial charge in [0.25, 0.3) is 5.91 Å². The Balaban J connectivity index is 1.84. The van der Waals surface area contributed by atoms with Crippen molar-refractivity contribution in [1.29, 1.82) is 0 Å². The van der Waals surface area contributed by atoms with Gasteiger partial charge in [0.05, 0.1) is 11.4 Å². The maximum absolute atomic E-state index is 13.6. The van der Waals surface area contributed by atoms with Crippen molar-refractivity contribution in [2.45, 2.75) is 24.4 Å². The highest BCUT2D eigenvalue weighted by Gasteiger charge is 2.51. The summed E-state index contributed by atoms with van der Waals surface area (Å²) in [5.74, 6) is -0.204. The summed E-state index contributed by atoms with van der Waals surface area (Å²) >= 11 is 0. The molecule has 160 valence electrons. The Bertz CT molecular complexity index is 961. The highest BCUT2D eigenvalue weighted by Crippen LogP contribution is 2.53. The molecule has 1 amide bonds. The molecule has 0 fully saturated rings. The third-order valence-corrected chi connectivity index (χ3v) is 6.18. The molecule has 0 saturated carbocycles. The average molecular weight is 411 g/mol. The first-order valence-corrected chi connectivity index (χ1v) is 10.4. The Morgan fingerprint density at radius 2 is 2.03 bits per heavy atom. The van der Waals surface area contributed by atoms with Crippen molar-refractivity contribution >= 4 is 23.0 Å². The molecule has 2 aromatic carbocycles. The zero-order valence-electron chi connectivity index (χ0n) is 17.8. The van der Waals surface area contributed by atoms with E-state index < -0.39 is 11.5 Å². The van der Waals surface area contributed by atoms with Crippen LogP contribution >= 0.6 is 0 Å². The molecule has 0 aromatic heterocycles. The van der Waals surface area contributed by atoms with Gasteiger partial charge in [-0.2, -0.15) is 0 Å². The standard InChI is InChI=1S/C23H30N4O3/c1-24-12-11-23(30)16-6-4-5-7-18(16)27(22(23)29)21-19(28)9-8-17-20(21)15(14-25-17)10-13-26(2)3/h4-9,15,24-25,28,30H,10-14H2,1-3H3. The molecule has 2 heterocycles. The number of nitrogens with zero attached hydrogens (tertiary/aromatic N) is 2. The van der Waals surface area contributed by atoms with E-state index in [1.165, 1.54) is 4.90 Å². The number of anilines is 3. The number of aliphatic hydroxyl groups is 1. The lowest BCUT2D eigenvalue weighted by molar-refractivity contribution is -0.136. The van der Waals surface area contributed by atoms with Gasteiger partial charge >= 0.3 is 0 Å². The summed E-state index contributed by atoms with van der Waals surface area (Å²) in [5, 5.41) is 28.8. The number of aromatic hydroxyl groups is 1. The van der Waals surface area contributed by atoms with E-state index in [-0.39, 0.29) is 18.1 Å². The molecular weight excluding hydrogens is 380 g/mol. The fraction of sp³-hybridized carbons (Fsp3) is 0.435. The van der Waals surface area contributed by atoms with E-state index in [9.17, 15) is 15.0 Å². The fourth-order valence-electron chi connectivity index (χ4n) is 4.59. The Morgan fingerprint density at radius 1 is 1.27 bits per heavy atom. The van der Waals surface area contributed by atoms with Crippen LogP contribution in [0.1, 0.15) is 29.9 Å². The molecule has 7 heteroatoms. The number of phenolic OH excluding ortho intramolecular Hbond substituents is 1. The molecular formula is C23H30N4O3. The first kappa shape index (κ1) is 20.7. The van der Waals surface area contributed by atoms with Gasteiger partial charge in [-0.25, -0.2) is 0 Å². The largest absolute Gasteiger partial charge is 0.506 e. The summed E-state index contributed by atoms with van der Waals surface area (Å²) in [7, 11) is 5.87. The zero-order chi connectivity index (χ0) is 21.5. The molecule has 0 spiro atoms. The smallest absolute Gasteiger partial charge is 0.268 e. The molecule has 2 aromatic rings. The van der Waals surface area contributed by atoms with E-state index in [2.05, 4.69) is 15.5 Å². The highest BCUT2D eigenvalue weighted by atomic mass is 16.3. The van der Waals surface area contributed by atoms with Crippen LogP contribution in [0.2, 0.25) is 0 Å². The summed E-state index contributed by atoms with van der Waals surface area (Å²) in [6.07, 6.45) is 1.16. The number of para-hydroxylation sites is 1. The molecule has 2 unspecified atom stereocenters. The van der Waals surface area contributed by atoms with Crippen LogP contribution in [0.25, 0.3) is 0 Å². The van der Waals surface area contributed by atoms with Crippen LogP contribution in [0.15, 0.2) is 36.4 Å². The van der Waals surface area contributed by atoms with E-state index in [0.717, 1.165) is 30.8 Å². The Labute approximate surface area is 177 Å². The van der Waals surface area contributed by atoms with Crippen molar-refractivity contribution in [2.24, 2.45) is 0 Å². The van der Waals surface area contributed by atoms with Gasteiger partial charge in [0.2, 0.25) is 0 Å². The lowest BCUT2D eigenvalue weighted by Crippen LogP contribution is -2.40. The molecule has 4 N–H and O–H groups in total. The van der Waals surface area contributed by atoms with Gasteiger partial charge < -0.3 is 25.7 Å². The van der Waals surface area contributed by atoms with Crippen molar-refractivity contribution in [2.75, 3.05) is 51.0 Å². The normalized spacial score (nSPS) is 22.4. The van der Waals surface area contributed by atoms with Gasteiger partial charge in [-0.15, -0.1) is 0 Å². The van der Waals surface area contributed by atoms with Crippen LogP contribution in [0, 0.1) is 0 Å². The van der Waals surface area contributed by atoms with Gasteiger partial charge in [0, 0.05) is 35.7 Å². The predicted octanol–water partition coefficient (Wildman–Crippen LogP) is 2.33. The van der Waals surface area contributed by atoms with Gasteiger partial charge in [-0.05, 0) is 58.9 Å². The van der Waals surface area contributed by atoms with Gasteiger partial charge in [-0.3, -0.25) is 9.69 Å². The third-order valence-electron chi connectivity index (χ3n) is 6.18. The topological polar surface area (TPSA) is 88.1 Å². The number of hydrogen-bond donors (Lipinski definition) is 4. The van der Waals surface area contributed by atoms with Crippen molar-refractivity contribution in [1.82, 2.24) is 10.2 Å². The van der Waals surface area contributed by atoms with Crippen LogP contribution in [0.5, 0.6) is 5.75 Å². The molecule has 2 aliphatic rings. The number of phenols is 1. The quantitative estimate of drug-likeness (QED) is 0.524. The second kappa shape index (κ2) is 7.91. The number of rotatable bonds is 7. The number of hydrogen-bond acceptors (Lipinski definition) is 6. The third kappa shape index (κ3) is 3.23. The van der Waals surface area contributed by atoms with Crippen LogP contribution in [0.3, 0.4) is 0 Å². The fourth-order valence-corrected chi connectivity index (χ4v) is 4.59. The lowest BCUT2D eigenvalue weighted by Gasteiger charge is -2.26. The number of nitrogens with one attached hydrogen (secondary N) is 2. The summed E-state index contributed by atoms with van der Waals surface area (Å²) in [5.41, 5.74) is 1.94. The SMILES string of the molecule is CNCCC1(O)C(=O)N(c2c(O)ccc3c2C(CCN(C)C)CN3)c2ccccc21. The van der Waals surface area contributed by atoms with Gasteiger partial charge in [0.1, 0.15) is 5.75 Å². The van der Waals surface area contributed by atoms with E-state index >= 15 is 0 Å². The molecule has 0 radical (unpaired) electrons. The molecule has 2 aliphatic heterocycles. The molecule has 0 aliphatic carbocycles. The molecule has 4 rings (SSSR count). The van der Waals surface area contributed by atoms with Crippen molar-refractivity contribution in [3.8, 4) is 5.75 Å². The first-order chi connectivity index (χ1) is 14.4. The lowest BCUT2D eigenvalue weighted by atomic mass is 9.92. The van der Waals surface area contributed by atoms with Gasteiger partial charge in [0.15, 0.2) is 5.60 Å². The summed E-state index contributed by atoms with van der Waals surface area (Å²) < 4.78 is 0. The van der Waals surface area contributed by atoms with E-state index in [1.54, 1.807) is 19.2 Å². The maximum atomic E-state index is 13.6. The second-order valence-electron chi connectivity index (χ2n) is 8.44. The second-order valence-corrected chi connectivity index (χ2v) is 8.44. The van der Waals surface area contributed by atoms with Gasteiger partial charge in [-0.1, -0.05) is 18.2 Å². The van der Waals surface area contributed by atoms with E-state index in [1.807, 2.05) is 38.4 Å². The minimum Gasteiger partial charge on any atom is -0.506 e. The Morgan fingerprint density at radius 3 is 2.77 bits per heavy atom. The maximum Gasteiger partial charge on any atom is 0.268 e. The van der Waals surface area contributed by atoms with E-state index in [0.29, 0.717) is 23.5 Å². The van der Waals surface area contributed by atoms with E-state index in [4.69, 9.17) is 0 Å². The summed E-state index contributed by atoms with van der Waals surface area (Å²) in [6, 6.07) is 10.8. The molecule has 30 heavy (non-hydrogen) atoms. The average Bonchev–Trinajstić information content (AvgIpc) is 3.24. The summed E-state index contributed by atoms with van der Waals surface area (Å²) in [6.45, 7) is 2.15. The highest BCUT2D eigenvalue weighted by molar-refractivity contribution is 6.13. The predicted molar refractivity (Wildman–Crippen MR) is 119 cm³/mol. The van der Waals surface area contributed by atoms with Crippen LogP contribution in [-0.4, -0.2) is 61.8 Å².